The predicted octanol–water partition coefficient (Wildman–Crippen LogP) is 3.55. The van der Waals surface area contributed by atoms with Crippen LogP contribution in [0, 0.1) is 5.92 Å². The molecule has 4 heteroatoms. The molecule has 19 heavy (non-hydrogen) atoms. The highest BCUT2D eigenvalue weighted by Gasteiger charge is 2.20. The third-order valence-corrected chi connectivity index (χ3v) is 3.89. The molecular weight excluding hydrogens is 240 g/mol. The summed E-state index contributed by atoms with van der Waals surface area (Å²) in [5.41, 5.74) is 0.969. The first-order valence-corrected chi connectivity index (χ1v) is 7.15. The Balaban J connectivity index is 1.88. The number of hydrogen-bond donors (Lipinski definition) is 2. The van der Waals surface area contributed by atoms with Crippen LogP contribution in [0.25, 0.3) is 0 Å². The molecule has 1 heterocycles. The topological polar surface area (TPSA) is 62.2 Å². The van der Waals surface area contributed by atoms with E-state index in [9.17, 15) is 4.79 Å². The van der Waals surface area contributed by atoms with Gasteiger partial charge < -0.3 is 10.4 Å². The van der Waals surface area contributed by atoms with Gasteiger partial charge in [0.1, 0.15) is 5.69 Å². The Morgan fingerprint density at radius 3 is 2.79 bits per heavy atom. The number of hydrogen-bond acceptors (Lipinski definition) is 3. The van der Waals surface area contributed by atoms with Crippen LogP contribution in [-0.4, -0.2) is 22.1 Å². The van der Waals surface area contributed by atoms with Gasteiger partial charge in [-0.05, 0) is 43.7 Å². The summed E-state index contributed by atoms with van der Waals surface area (Å²) in [5.74, 6) is -0.0922. The Hall–Kier alpha value is -1.58. The van der Waals surface area contributed by atoms with Gasteiger partial charge in [-0.3, -0.25) is 0 Å². The molecule has 4 nitrogen and oxygen atoms in total. The largest absolute Gasteiger partial charge is 0.477 e. The third kappa shape index (κ3) is 3.94. The lowest BCUT2D eigenvalue weighted by atomic mass is 9.83. The van der Waals surface area contributed by atoms with Crippen LogP contribution in [0.1, 0.15) is 55.9 Å². The van der Waals surface area contributed by atoms with Gasteiger partial charge in [-0.25, -0.2) is 9.78 Å². The minimum absolute atomic E-state index is 0.102. The fraction of sp³-hybridized carbons (Fsp3) is 0.600. The molecule has 0 spiro atoms. The van der Waals surface area contributed by atoms with Gasteiger partial charge in [-0.15, -0.1) is 0 Å². The lowest BCUT2D eigenvalue weighted by Gasteiger charge is -2.29. The first-order valence-electron chi connectivity index (χ1n) is 7.15. The van der Waals surface area contributed by atoms with Crippen LogP contribution in [0.5, 0.6) is 0 Å². The number of rotatable bonds is 5. The average molecular weight is 262 g/mol. The van der Waals surface area contributed by atoms with Gasteiger partial charge in [0.15, 0.2) is 0 Å². The van der Waals surface area contributed by atoms with Crippen LogP contribution in [0.2, 0.25) is 0 Å². The zero-order valence-corrected chi connectivity index (χ0v) is 11.4. The summed E-state index contributed by atoms with van der Waals surface area (Å²) < 4.78 is 0. The van der Waals surface area contributed by atoms with Crippen molar-refractivity contribution >= 4 is 11.7 Å². The number of aromatic nitrogens is 1. The van der Waals surface area contributed by atoms with Crippen molar-refractivity contribution in [3.8, 4) is 0 Å². The summed E-state index contributed by atoms with van der Waals surface area (Å²) in [5, 5.41) is 12.4. The highest BCUT2D eigenvalue weighted by molar-refractivity contribution is 5.86. The van der Waals surface area contributed by atoms with E-state index in [4.69, 9.17) is 5.11 Å². The second-order valence-corrected chi connectivity index (χ2v) is 5.39. The van der Waals surface area contributed by atoms with Gasteiger partial charge in [0.05, 0.1) is 0 Å². The number of nitrogens with zero attached hydrogens (tertiary/aromatic N) is 1. The number of anilines is 1. The molecule has 1 aliphatic rings. The molecule has 1 aromatic heterocycles. The van der Waals surface area contributed by atoms with Crippen LogP contribution in [0.3, 0.4) is 0 Å². The van der Waals surface area contributed by atoms with Crippen molar-refractivity contribution in [1.29, 1.82) is 0 Å². The highest BCUT2D eigenvalue weighted by atomic mass is 16.4. The maximum atomic E-state index is 10.9. The maximum Gasteiger partial charge on any atom is 0.354 e. The minimum Gasteiger partial charge on any atom is -0.477 e. The quantitative estimate of drug-likeness (QED) is 0.851. The van der Waals surface area contributed by atoms with Crippen LogP contribution >= 0.6 is 0 Å². The van der Waals surface area contributed by atoms with Crippen LogP contribution in [-0.2, 0) is 0 Å². The lowest BCUT2D eigenvalue weighted by molar-refractivity contribution is 0.0690. The van der Waals surface area contributed by atoms with Crippen molar-refractivity contribution in [2.75, 3.05) is 5.32 Å². The van der Waals surface area contributed by atoms with E-state index in [1.807, 2.05) is 6.07 Å². The number of carbonyl (C=O) groups is 1. The highest BCUT2D eigenvalue weighted by Crippen LogP contribution is 2.29. The molecule has 1 fully saturated rings. The molecule has 0 atom stereocenters. The van der Waals surface area contributed by atoms with E-state index in [2.05, 4.69) is 17.2 Å². The molecular formula is C15H22N2O2. The van der Waals surface area contributed by atoms with E-state index in [1.165, 1.54) is 38.5 Å². The molecule has 0 saturated heterocycles. The summed E-state index contributed by atoms with van der Waals surface area (Å²) in [7, 11) is 0. The smallest absolute Gasteiger partial charge is 0.354 e. The summed E-state index contributed by atoms with van der Waals surface area (Å²) in [6.45, 7) is 2.24. The molecule has 0 amide bonds. The standard InChI is InChI=1S/C15H22N2O2/c1-2-3-11-4-6-12(7-5-11)17-13-8-9-16-14(10-13)15(18)19/h8-12H,2-7H2,1H3,(H,16,17)(H,18,19). The van der Waals surface area contributed by atoms with Crippen LogP contribution in [0.15, 0.2) is 18.3 Å². The van der Waals surface area contributed by atoms with Crippen molar-refractivity contribution in [2.24, 2.45) is 5.92 Å². The molecule has 104 valence electrons. The monoisotopic (exact) mass is 262 g/mol. The van der Waals surface area contributed by atoms with Crippen LogP contribution < -0.4 is 5.32 Å². The summed E-state index contributed by atoms with van der Waals surface area (Å²) in [6.07, 6.45) is 9.07. The third-order valence-electron chi connectivity index (χ3n) is 3.89. The van der Waals surface area contributed by atoms with Crippen molar-refractivity contribution < 1.29 is 9.90 Å². The summed E-state index contributed by atoms with van der Waals surface area (Å²) >= 11 is 0. The van der Waals surface area contributed by atoms with Gasteiger partial charge in [-0.2, -0.15) is 0 Å². The van der Waals surface area contributed by atoms with Crippen molar-refractivity contribution in [3.63, 3.8) is 0 Å². The molecule has 0 radical (unpaired) electrons. The van der Waals surface area contributed by atoms with E-state index in [0.29, 0.717) is 6.04 Å². The number of pyridine rings is 1. The van der Waals surface area contributed by atoms with Gasteiger partial charge >= 0.3 is 5.97 Å². The fourth-order valence-corrected chi connectivity index (χ4v) is 2.88. The van der Waals surface area contributed by atoms with Crippen molar-refractivity contribution in [2.45, 2.75) is 51.5 Å². The lowest BCUT2D eigenvalue weighted by Crippen LogP contribution is -2.26. The number of aromatic carboxylic acids is 1. The Morgan fingerprint density at radius 2 is 2.16 bits per heavy atom. The summed E-state index contributed by atoms with van der Waals surface area (Å²) in [4.78, 5) is 14.7. The molecule has 0 unspecified atom stereocenters. The molecule has 2 N–H and O–H groups in total. The Labute approximate surface area is 114 Å². The Kier molecular flexibility index (Phi) is 4.77. The number of nitrogens with one attached hydrogen (secondary N) is 1. The number of carboxylic acids is 1. The molecule has 1 aliphatic carbocycles. The Bertz CT molecular complexity index is 426. The first kappa shape index (κ1) is 13.8. The molecule has 0 bridgehead atoms. The molecule has 2 rings (SSSR count). The molecule has 1 saturated carbocycles. The Morgan fingerprint density at radius 1 is 1.42 bits per heavy atom. The average Bonchev–Trinajstić information content (AvgIpc) is 2.42. The summed E-state index contributed by atoms with van der Waals surface area (Å²) in [6, 6.07) is 3.92. The SMILES string of the molecule is CCCC1CCC(Nc2ccnc(C(=O)O)c2)CC1. The van der Waals surface area contributed by atoms with E-state index in [1.54, 1.807) is 12.3 Å². The van der Waals surface area contributed by atoms with E-state index in [-0.39, 0.29) is 5.69 Å². The fourth-order valence-electron chi connectivity index (χ4n) is 2.88. The van der Waals surface area contributed by atoms with E-state index >= 15 is 0 Å². The normalized spacial score (nSPS) is 23.0. The van der Waals surface area contributed by atoms with Crippen molar-refractivity contribution in [3.05, 3.63) is 24.0 Å². The van der Waals surface area contributed by atoms with Gasteiger partial charge in [-0.1, -0.05) is 19.8 Å². The van der Waals surface area contributed by atoms with Crippen LogP contribution in [0.4, 0.5) is 5.69 Å². The molecule has 0 aromatic carbocycles. The molecule has 1 aromatic rings. The predicted molar refractivity (Wildman–Crippen MR) is 75.5 cm³/mol. The van der Waals surface area contributed by atoms with E-state index < -0.39 is 5.97 Å². The second kappa shape index (κ2) is 6.55. The first-order chi connectivity index (χ1) is 9.19. The zero-order valence-electron chi connectivity index (χ0n) is 11.4. The molecule has 0 aliphatic heterocycles. The van der Waals surface area contributed by atoms with Crippen molar-refractivity contribution in [1.82, 2.24) is 4.98 Å². The van der Waals surface area contributed by atoms with Gasteiger partial charge in [0.25, 0.3) is 0 Å². The second-order valence-electron chi connectivity index (χ2n) is 5.39. The zero-order chi connectivity index (χ0) is 13.7. The van der Waals surface area contributed by atoms with Gasteiger partial charge in [0, 0.05) is 17.9 Å². The maximum absolute atomic E-state index is 10.9. The van der Waals surface area contributed by atoms with Gasteiger partial charge in [0.2, 0.25) is 0 Å². The number of carboxylic acid groups (broad SMARTS) is 1. The minimum atomic E-state index is -0.977. The van der Waals surface area contributed by atoms with E-state index in [0.717, 1.165) is 11.6 Å².